The molecule has 2 N–H and O–H groups in total. The molecule has 0 bridgehead atoms. The summed E-state index contributed by atoms with van der Waals surface area (Å²) in [5, 5.41) is 9.72. The molecule has 180 valence electrons. The van der Waals surface area contributed by atoms with E-state index in [0.29, 0.717) is 21.3 Å². The highest BCUT2D eigenvalue weighted by Gasteiger charge is 2.31. The number of aryl methyl sites for hydroxylation is 1. The number of thiazole rings is 1. The summed E-state index contributed by atoms with van der Waals surface area (Å²) in [5.74, 6) is 3.65. The normalized spacial score (nSPS) is 12.3. The second-order valence-corrected chi connectivity index (χ2v) is 10.5. The molecule has 0 fully saturated rings. The van der Waals surface area contributed by atoms with Crippen LogP contribution in [0.2, 0.25) is 0 Å². The molecule has 7 nitrogen and oxygen atoms in total. The number of sulfonamides is 1. The van der Waals surface area contributed by atoms with E-state index in [2.05, 4.69) is 21.5 Å². The summed E-state index contributed by atoms with van der Waals surface area (Å²) in [6.07, 6.45) is -4.68. The van der Waals surface area contributed by atoms with E-state index in [0.717, 1.165) is 12.1 Å². The third-order valence-corrected chi connectivity index (χ3v) is 7.17. The van der Waals surface area contributed by atoms with Crippen LogP contribution in [-0.2, 0) is 25.7 Å². The lowest BCUT2D eigenvalue weighted by Gasteiger charge is -2.17. The van der Waals surface area contributed by atoms with Gasteiger partial charge in [0, 0.05) is 5.56 Å². The van der Waals surface area contributed by atoms with Crippen molar-refractivity contribution in [3.63, 3.8) is 0 Å². The summed E-state index contributed by atoms with van der Waals surface area (Å²) in [6.45, 7) is 3.91. The molecular formula is C22H19F3N2O5S2. The van der Waals surface area contributed by atoms with Crippen LogP contribution in [-0.4, -0.2) is 36.7 Å². The van der Waals surface area contributed by atoms with Crippen LogP contribution in [0.4, 0.5) is 18.9 Å². The number of carboxylic acids is 1. The van der Waals surface area contributed by atoms with Crippen molar-refractivity contribution in [1.29, 1.82) is 0 Å². The monoisotopic (exact) mass is 512 g/mol. The minimum Gasteiger partial charge on any atom is -0.479 e. The zero-order valence-corrected chi connectivity index (χ0v) is 19.8. The van der Waals surface area contributed by atoms with Gasteiger partial charge >= 0.3 is 12.1 Å². The Bertz CT molecular complexity index is 1420. The van der Waals surface area contributed by atoms with Gasteiger partial charge in [-0.2, -0.15) is 13.2 Å². The molecular weight excluding hydrogens is 493 g/mol. The van der Waals surface area contributed by atoms with Gasteiger partial charge in [0.05, 0.1) is 26.5 Å². The number of ether oxygens (including phenoxy) is 1. The van der Waals surface area contributed by atoms with E-state index in [1.807, 2.05) is 0 Å². The number of anilines is 1. The van der Waals surface area contributed by atoms with Crippen LogP contribution in [0.5, 0.6) is 0 Å². The molecule has 0 aliphatic carbocycles. The molecule has 0 aliphatic rings. The van der Waals surface area contributed by atoms with Gasteiger partial charge in [0.15, 0.2) is 5.60 Å². The first kappa shape index (κ1) is 25.5. The molecule has 3 rings (SSSR count). The minimum atomic E-state index is -4.68. The number of hydrogen-bond donors (Lipinski definition) is 2. The third-order valence-electron chi connectivity index (χ3n) is 4.61. The van der Waals surface area contributed by atoms with Crippen LogP contribution in [0.1, 0.15) is 30.0 Å². The number of aromatic nitrogens is 1. The summed E-state index contributed by atoms with van der Waals surface area (Å²) < 4.78 is 73.7. The quantitative estimate of drug-likeness (QED) is 0.466. The lowest BCUT2D eigenvalue weighted by molar-refractivity contribution is -0.159. The van der Waals surface area contributed by atoms with Crippen molar-refractivity contribution in [2.75, 3.05) is 11.3 Å². The summed E-state index contributed by atoms with van der Waals surface area (Å²) in [5.41, 5.74) is -2.51. The number of fused-ring (bicyclic) bond motifs is 1. The van der Waals surface area contributed by atoms with E-state index >= 15 is 0 Å². The maximum absolute atomic E-state index is 13.2. The Hall–Kier alpha value is -3.14. The van der Waals surface area contributed by atoms with Crippen molar-refractivity contribution in [2.45, 2.75) is 37.4 Å². The second kappa shape index (κ2) is 9.25. The van der Waals surface area contributed by atoms with Gasteiger partial charge in [-0.3, -0.25) is 4.72 Å². The molecule has 0 aliphatic heterocycles. The Morgan fingerprint density at radius 2 is 1.94 bits per heavy atom. The number of carboxylic acid groups (broad SMARTS) is 1. The predicted octanol–water partition coefficient (Wildman–Crippen LogP) is 4.66. The van der Waals surface area contributed by atoms with Crippen molar-refractivity contribution in [2.24, 2.45) is 0 Å². The maximum atomic E-state index is 13.2. The largest absolute Gasteiger partial charge is 0.479 e. The van der Waals surface area contributed by atoms with Gasteiger partial charge in [0.2, 0.25) is 0 Å². The number of halogens is 3. The van der Waals surface area contributed by atoms with E-state index in [1.54, 1.807) is 13.0 Å². The molecule has 0 unspecified atom stereocenters. The predicted molar refractivity (Wildman–Crippen MR) is 121 cm³/mol. The molecule has 34 heavy (non-hydrogen) atoms. The van der Waals surface area contributed by atoms with Gasteiger partial charge in [-0.1, -0.05) is 17.9 Å². The number of alkyl halides is 3. The highest BCUT2D eigenvalue weighted by Crippen LogP contribution is 2.34. The van der Waals surface area contributed by atoms with Crippen LogP contribution >= 0.6 is 11.3 Å². The van der Waals surface area contributed by atoms with Crippen LogP contribution in [0.25, 0.3) is 10.2 Å². The molecule has 0 saturated carbocycles. The standard InChI is InChI=1S/C22H19F3N2O5S2/c1-13-26-17-7-4-8-18(19(17)33-13)34(30,31)27-16-10-9-15(22(23,24)25)12-14(16)6-5-11-32-21(2,3)20(28)29/h4,7-10,12,27H,11H2,1-3H3,(H,28,29). The van der Waals surface area contributed by atoms with Crippen molar-refractivity contribution in [1.82, 2.24) is 4.98 Å². The molecule has 2 aromatic carbocycles. The molecule has 0 amide bonds. The number of rotatable bonds is 6. The maximum Gasteiger partial charge on any atom is 0.416 e. The molecule has 0 radical (unpaired) electrons. The van der Waals surface area contributed by atoms with Gasteiger partial charge < -0.3 is 9.84 Å². The lowest BCUT2D eigenvalue weighted by atomic mass is 10.1. The molecule has 1 aromatic heterocycles. The van der Waals surface area contributed by atoms with Crippen LogP contribution in [0, 0.1) is 18.8 Å². The van der Waals surface area contributed by atoms with E-state index < -0.39 is 39.9 Å². The average molecular weight is 513 g/mol. The lowest BCUT2D eigenvalue weighted by Crippen LogP contribution is -2.34. The molecule has 0 atom stereocenters. The smallest absolute Gasteiger partial charge is 0.416 e. The van der Waals surface area contributed by atoms with Gasteiger partial charge in [-0.15, -0.1) is 11.3 Å². The third kappa shape index (κ3) is 5.67. The van der Waals surface area contributed by atoms with Crippen molar-refractivity contribution >= 4 is 43.2 Å². The summed E-state index contributed by atoms with van der Waals surface area (Å²) >= 11 is 1.18. The first-order chi connectivity index (χ1) is 15.7. The zero-order valence-electron chi connectivity index (χ0n) is 18.1. The number of hydrogen-bond acceptors (Lipinski definition) is 6. The molecule has 0 spiro atoms. The second-order valence-electron chi connectivity index (χ2n) is 7.61. The Labute approximate surface area is 197 Å². The van der Waals surface area contributed by atoms with E-state index in [4.69, 9.17) is 9.84 Å². The van der Waals surface area contributed by atoms with Gasteiger partial charge in [0.1, 0.15) is 11.5 Å². The SMILES string of the molecule is Cc1nc2cccc(S(=O)(=O)Nc3ccc(C(F)(F)F)cc3C#CCOC(C)(C)C(=O)O)c2s1. The summed E-state index contributed by atoms with van der Waals surface area (Å²) in [7, 11) is -4.20. The van der Waals surface area contributed by atoms with Gasteiger partial charge in [0.25, 0.3) is 10.0 Å². The Morgan fingerprint density at radius 1 is 1.24 bits per heavy atom. The Morgan fingerprint density at radius 3 is 2.59 bits per heavy atom. The Kier molecular flexibility index (Phi) is 6.93. The van der Waals surface area contributed by atoms with E-state index in [9.17, 15) is 26.4 Å². The van der Waals surface area contributed by atoms with E-state index in [-0.39, 0.29) is 16.1 Å². The first-order valence-electron chi connectivity index (χ1n) is 9.67. The van der Waals surface area contributed by atoms with Crippen LogP contribution < -0.4 is 4.72 Å². The van der Waals surface area contributed by atoms with E-state index in [1.165, 1.54) is 37.3 Å². The van der Waals surface area contributed by atoms with Crippen LogP contribution in [0.15, 0.2) is 41.3 Å². The fourth-order valence-electron chi connectivity index (χ4n) is 2.77. The molecule has 3 aromatic rings. The number of nitrogens with zero attached hydrogens (tertiary/aromatic N) is 1. The molecule has 0 saturated heterocycles. The number of carbonyl (C=O) groups is 1. The summed E-state index contributed by atoms with van der Waals surface area (Å²) in [6, 6.07) is 6.98. The number of benzene rings is 2. The molecule has 1 heterocycles. The first-order valence-corrected chi connectivity index (χ1v) is 12.0. The topological polar surface area (TPSA) is 106 Å². The van der Waals surface area contributed by atoms with Gasteiger partial charge in [-0.05, 0) is 51.1 Å². The minimum absolute atomic E-state index is 0.0686. The van der Waals surface area contributed by atoms with Crippen molar-refractivity contribution in [3.8, 4) is 11.8 Å². The Balaban J connectivity index is 1.99. The highest BCUT2D eigenvalue weighted by atomic mass is 32.2. The van der Waals surface area contributed by atoms with Crippen LogP contribution in [0.3, 0.4) is 0 Å². The zero-order chi connectivity index (χ0) is 25.3. The summed E-state index contributed by atoms with van der Waals surface area (Å²) in [4.78, 5) is 15.3. The average Bonchev–Trinajstić information content (AvgIpc) is 3.11. The molecule has 12 heteroatoms. The van der Waals surface area contributed by atoms with Gasteiger partial charge in [-0.25, -0.2) is 18.2 Å². The number of nitrogens with one attached hydrogen (secondary N) is 1. The fourth-order valence-corrected chi connectivity index (χ4v) is 5.23. The highest BCUT2D eigenvalue weighted by molar-refractivity contribution is 7.93. The number of aliphatic carboxylic acids is 1. The van der Waals surface area contributed by atoms with Crippen molar-refractivity contribution < 1.29 is 36.2 Å². The van der Waals surface area contributed by atoms with Crippen molar-refractivity contribution in [3.05, 3.63) is 52.5 Å². The fraction of sp³-hybridized carbons (Fsp3) is 0.273.